The van der Waals surface area contributed by atoms with Gasteiger partial charge < -0.3 is 19.6 Å². The zero-order valence-corrected chi connectivity index (χ0v) is 21.4. The van der Waals surface area contributed by atoms with E-state index in [0.717, 1.165) is 0 Å². The fraction of sp³-hybridized carbons (Fsp3) is 0.500. The monoisotopic (exact) mass is 518 g/mol. The van der Waals surface area contributed by atoms with E-state index in [1.807, 2.05) is 6.92 Å². The molecule has 2 unspecified atom stereocenters. The summed E-state index contributed by atoms with van der Waals surface area (Å²) in [7, 11) is 0. The molecule has 3 fully saturated rings. The van der Waals surface area contributed by atoms with Crippen molar-refractivity contribution in [2.75, 3.05) is 31.2 Å². The van der Waals surface area contributed by atoms with Crippen LogP contribution in [-0.2, 0) is 19.1 Å². The second-order valence-corrected chi connectivity index (χ2v) is 11.7. The summed E-state index contributed by atoms with van der Waals surface area (Å²) in [5.41, 5.74) is 0.541. The van der Waals surface area contributed by atoms with E-state index < -0.39 is 33.3 Å². The second kappa shape index (κ2) is 9.99. The van der Waals surface area contributed by atoms with Gasteiger partial charge in [0.05, 0.1) is 27.3 Å². The summed E-state index contributed by atoms with van der Waals surface area (Å²) in [4.78, 5) is 44.5. The molecule has 9 heteroatoms. The lowest BCUT2D eigenvalue weighted by Crippen LogP contribution is -2.55. The lowest BCUT2D eigenvalue weighted by molar-refractivity contribution is -0.154. The molecule has 3 heterocycles. The molecule has 0 radical (unpaired) electrons. The molecule has 3 aliphatic rings. The highest BCUT2D eigenvalue weighted by molar-refractivity contribution is 8.02. The smallest absolute Gasteiger partial charge is 0.311 e. The molecule has 188 valence electrons. The van der Waals surface area contributed by atoms with Crippen molar-refractivity contribution in [3.8, 4) is 0 Å². The van der Waals surface area contributed by atoms with E-state index in [0.29, 0.717) is 30.0 Å². The third kappa shape index (κ3) is 4.09. The summed E-state index contributed by atoms with van der Waals surface area (Å²) < 4.78 is 4.15. The standard InChI is InChI=1S/C26H31ClN2O5S/c1-4-13-28(18-10-7-6-9-17(18)27)23(32)21-26-12-11-25(3,35-26)20(24(33)34-16-5-2)19(26)22(31)29(21)14-8-15-30/h4-7,9-10,19-21,30H,1-2,8,11-16H2,3H3/t19-,20+,21?,25-,26?/m0/s1. The average Bonchev–Trinajstić information content (AvgIpc) is 3.40. The quantitative estimate of drug-likeness (QED) is 0.377. The first-order chi connectivity index (χ1) is 16.8. The average molecular weight is 519 g/mol. The van der Waals surface area contributed by atoms with Crippen LogP contribution < -0.4 is 4.90 Å². The largest absolute Gasteiger partial charge is 0.461 e. The third-order valence-corrected chi connectivity index (χ3v) is 9.69. The number of carbonyl (C=O) groups is 3. The number of hydrogen-bond donors (Lipinski definition) is 1. The van der Waals surface area contributed by atoms with Gasteiger partial charge in [-0.25, -0.2) is 0 Å². The second-order valence-electron chi connectivity index (χ2n) is 9.44. The topological polar surface area (TPSA) is 87.1 Å². The predicted octanol–water partition coefficient (Wildman–Crippen LogP) is 3.45. The number of fused-ring (bicyclic) bond motifs is 1. The molecule has 1 spiro atoms. The van der Waals surface area contributed by atoms with Crippen LogP contribution in [0.2, 0.25) is 5.02 Å². The van der Waals surface area contributed by atoms with Gasteiger partial charge in [0.2, 0.25) is 5.91 Å². The zero-order chi connectivity index (χ0) is 25.4. The molecule has 0 saturated carbocycles. The number of anilines is 1. The number of rotatable bonds is 10. The van der Waals surface area contributed by atoms with E-state index in [1.54, 1.807) is 51.9 Å². The summed E-state index contributed by atoms with van der Waals surface area (Å²) in [5.74, 6) is -2.25. The molecular formula is C26H31ClN2O5S. The van der Waals surface area contributed by atoms with E-state index in [-0.39, 0.29) is 38.1 Å². The first-order valence-electron chi connectivity index (χ1n) is 11.8. The summed E-state index contributed by atoms with van der Waals surface area (Å²) in [6.45, 7) is 9.81. The minimum atomic E-state index is -0.799. The fourth-order valence-electron chi connectivity index (χ4n) is 6.03. The first-order valence-corrected chi connectivity index (χ1v) is 13.0. The van der Waals surface area contributed by atoms with Crippen molar-refractivity contribution < 1.29 is 24.2 Å². The molecule has 1 aromatic carbocycles. The van der Waals surface area contributed by atoms with Crippen molar-refractivity contribution in [3.63, 3.8) is 0 Å². The molecule has 35 heavy (non-hydrogen) atoms. The number of hydrogen-bond acceptors (Lipinski definition) is 6. The Balaban J connectivity index is 1.79. The number of aliphatic hydroxyl groups excluding tert-OH is 1. The van der Waals surface area contributed by atoms with Crippen molar-refractivity contribution in [1.29, 1.82) is 0 Å². The van der Waals surface area contributed by atoms with Crippen molar-refractivity contribution in [1.82, 2.24) is 4.90 Å². The molecule has 2 amide bonds. The molecule has 7 nitrogen and oxygen atoms in total. The van der Waals surface area contributed by atoms with Gasteiger partial charge in [-0.3, -0.25) is 14.4 Å². The number of carbonyl (C=O) groups excluding carboxylic acids is 3. The zero-order valence-electron chi connectivity index (χ0n) is 19.8. The number of para-hydroxylation sites is 1. The molecule has 5 atom stereocenters. The van der Waals surface area contributed by atoms with Gasteiger partial charge in [0, 0.05) is 24.4 Å². The summed E-state index contributed by atoms with van der Waals surface area (Å²) in [6.07, 6.45) is 4.79. The van der Waals surface area contributed by atoms with Gasteiger partial charge in [0.15, 0.2) is 0 Å². The molecule has 3 aliphatic heterocycles. The van der Waals surface area contributed by atoms with Gasteiger partial charge in [-0.05, 0) is 38.3 Å². The number of benzene rings is 1. The fourth-order valence-corrected chi connectivity index (χ4v) is 8.61. The van der Waals surface area contributed by atoms with Crippen molar-refractivity contribution in [3.05, 3.63) is 54.6 Å². The minimum absolute atomic E-state index is 0.0696. The Kier molecular flexibility index (Phi) is 7.36. The number of likely N-dealkylation sites (tertiary alicyclic amines) is 1. The normalized spacial score (nSPS) is 30.8. The van der Waals surface area contributed by atoms with Crippen LogP contribution in [0.5, 0.6) is 0 Å². The Bertz CT molecular complexity index is 1050. The highest BCUT2D eigenvalue weighted by Crippen LogP contribution is 2.71. The van der Waals surface area contributed by atoms with E-state index in [4.69, 9.17) is 16.3 Å². The van der Waals surface area contributed by atoms with E-state index >= 15 is 0 Å². The van der Waals surface area contributed by atoms with Gasteiger partial charge >= 0.3 is 5.97 Å². The minimum Gasteiger partial charge on any atom is -0.461 e. The molecule has 0 aromatic heterocycles. The molecule has 1 aromatic rings. The lowest BCUT2D eigenvalue weighted by Gasteiger charge is -2.37. The van der Waals surface area contributed by atoms with Crippen molar-refractivity contribution in [2.24, 2.45) is 11.8 Å². The van der Waals surface area contributed by atoms with E-state index in [9.17, 15) is 19.5 Å². The molecule has 2 bridgehead atoms. The molecular weight excluding hydrogens is 488 g/mol. The van der Waals surface area contributed by atoms with Crippen molar-refractivity contribution >= 4 is 46.8 Å². The number of ether oxygens (including phenoxy) is 1. The van der Waals surface area contributed by atoms with E-state index in [1.165, 1.54) is 6.08 Å². The number of esters is 1. The Morgan fingerprint density at radius 3 is 2.71 bits per heavy atom. The molecule has 3 saturated heterocycles. The predicted molar refractivity (Wildman–Crippen MR) is 137 cm³/mol. The van der Waals surface area contributed by atoms with Gasteiger partial charge in [-0.15, -0.1) is 18.3 Å². The van der Waals surface area contributed by atoms with Gasteiger partial charge in [0.25, 0.3) is 5.91 Å². The van der Waals surface area contributed by atoms with Crippen molar-refractivity contribution in [2.45, 2.75) is 41.7 Å². The Morgan fingerprint density at radius 2 is 2.06 bits per heavy atom. The molecule has 0 aliphatic carbocycles. The Labute approximate surface area is 215 Å². The van der Waals surface area contributed by atoms with Crippen LogP contribution in [0, 0.1) is 11.8 Å². The first kappa shape index (κ1) is 25.8. The SMILES string of the molecule is C=CCOC(=O)[C@H]1[C@H]2C(=O)N(CCCO)C(C(=O)N(CC=C)c3ccccc3Cl)C23CC[C@]1(C)S3. The highest BCUT2D eigenvalue weighted by Gasteiger charge is 2.77. The Morgan fingerprint density at radius 1 is 1.31 bits per heavy atom. The van der Waals surface area contributed by atoms with Crippen LogP contribution in [-0.4, -0.2) is 69.6 Å². The van der Waals surface area contributed by atoms with Gasteiger partial charge in [-0.1, -0.05) is 42.5 Å². The van der Waals surface area contributed by atoms with Crippen LogP contribution in [0.25, 0.3) is 0 Å². The molecule has 1 N–H and O–H groups in total. The number of halogens is 1. The van der Waals surface area contributed by atoms with E-state index in [2.05, 4.69) is 13.2 Å². The maximum atomic E-state index is 14.3. The summed E-state index contributed by atoms with van der Waals surface area (Å²) in [6, 6.07) is 6.28. The van der Waals surface area contributed by atoms with Crippen LogP contribution in [0.15, 0.2) is 49.6 Å². The lowest BCUT2D eigenvalue weighted by atomic mass is 9.66. The van der Waals surface area contributed by atoms with Crippen LogP contribution in [0.4, 0.5) is 5.69 Å². The third-order valence-electron chi connectivity index (χ3n) is 7.39. The van der Waals surface area contributed by atoms with Crippen LogP contribution in [0.1, 0.15) is 26.2 Å². The van der Waals surface area contributed by atoms with Gasteiger partial charge in [0.1, 0.15) is 12.6 Å². The number of amides is 2. The maximum absolute atomic E-state index is 14.3. The maximum Gasteiger partial charge on any atom is 0.311 e. The summed E-state index contributed by atoms with van der Waals surface area (Å²) in [5, 5.41) is 9.92. The number of nitrogens with zero attached hydrogens (tertiary/aromatic N) is 2. The highest BCUT2D eigenvalue weighted by atomic mass is 35.5. The number of aliphatic hydroxyl groups is 1. The van der Waals surface area contributed by atoms with Crippen LogP contribution in [0.3, 0.4) is 0 Å². The summed E-state index contributed by atoms with van der Waals surface area (Å²) >= 11 is 8.04. The number of thioether (sulfide) groups is 1. The molecule has 4 rings (SSSR count). The van der Waals surface area contributed by atoms with Gasteiger partial charge in [-0.2, -0.15) is 0 Å². The Hall–Kier alpha value is -2.29. The van der Waals surface area contributed by atoms with Crippen LogP contribution >= 0.6 is 23.4 Å².